The highest BCUT2D eigenvalue weighted by molar-refractivity contribution is 5.76. The molecule has 0 aliphatic heterocycles. The first kappa shape index (κ1) is 35.0. The lowest BCUT2D eigenvalue weighted by molar-refractivity contribution is -0.121. The van der Waals surface area contributed by atoms with Gasteiger partial charge in [-0.15, -0.1) is 6.42 Å². The number of nitrogens with one attached hydrogen (secondary N) is 1. The molecule has 0 radical (unpaired) electrons. The van der Waals surface area contributed by atoms with E-state index in [1.54, 1.807) is 0 Å². The molecule has 0 aliphatic carbocycles. The molecule has 0 aromatic rings. The minimum Gasteiger partial charge on any atom is -0.381 e. The number of unbranched alkanes of at least 4 members (excludes halogenated alkanes) is 19. The van der Waals surface area contributed by atoms with Gasteiger partial charge in [0, 0.05) is 19.1 Å². The quantitative estimate of drug-likeness (QED) is 0.0790. The SMILES string of the molecule is C#CCNC(=O)CCOCCCCCCCCCCCCCCCCCCCC(N)CCCCCC. The molecule has 0 rings (SSSR count). The maximum absolute atomic E-state index is 11.4. The third kappa shape index (κ3) is 29.2. The molecular weight excluding hydrogens is 444 g/mol. The van der Waals surface area contributed by atoms with Crippen molar-refractivity contribution in [2.45, 2.75) is 167 Å². The van der Waals surface area contributed by atoms with Crippen LogP contribution in [0.2, 0.25) is 0 Å². The smallest absolute Gasteiger partial charge is 0.223 e. The molecule has 0 spiro atoms. The van der Waals surface area contributed by atoms with Crippen molar-refractivity contribution in [2.24, 2.45) is 5.73 Å². The van der Waals surface area contributed by atoms with Gasteiger partial charge in [-0.05, 0) is 19.3 Å². The topological polar surface area (TPSA) is 64.3 Å². The number of rotatable bonds is 29. The molecular formula is C32H62N2O2. The summed E-state index contributed by atoms with van der Waals surface area (Å²) in [5, 5.41) is 2.65. The van der Waals surface area contributed by atoms with Gasteiger partial charge in [0.25, 0.3) is 0 Å². The van der Waals surface area contributed by atoms with Crippen LogP contribution in [-0.4, -0.2) is 31.7 Å². The summed E-state index contributed by atoms with van der Waals surface area (Å²) >= 11 is 0. The number of ether oxygens (including phenoxy) is 1. The van der Waals surface area contributed by atoms with E-state index in [4.69, 9.17) is 16.9 Å². The third-order valence-corrected chi connectivity index (χ3v) is 7.15. The Hall–Kier alpha value is -1.05. The van der Waals surface area contributed by atoms with Gasteiger partial charge in [-0.1, -0.05) is 141 Å². The Kier molecular flexibility index (Phi) is 29.3. The predicted octanol–water partition coefficient (Wildman–Crippen LogP) is 8.46. The molecule has 0 saturated carbocycles. The molecule has 4 heteroatoms. The molecule has 36 heavy (non-hydrogen) atoms. The van der Waals surface area contributed by atoms with Crippen molar-refractivity contribution < 1.29 is 9.53 Å². The summed E-state index contributed by atoms with van der Waals surface area (Å²) in [5.41, 5.74) is 6.24. The van der Waals surface area contributed by atoms with Crippen LogP contribution in [0.25, 0.3) is 0 Å². The Labute approximate surface area is 225 Å². The molecule has 0 fully saturated rings. The zero-order valence-electron chi connectivity index (χ0n) is 24.1. The lowest BCUT2D eigenvalue weighted by Gasteiger charge is -2.11. The Morgan fingerprint density at radius 1 is 0.694 bits per heavy atom. The van der Waals surface area contributed by atoms with E-state index in [0.717, 1.165) is 13.0 Å². The highest BCUT2D eigenvalue weighted by atomic mass is 16.5. The number of hydrogen-bond donors (Lipinski definition) is 2. The molecule has 1 atom stereocenters. The molecule has 3 N–H and O–H groups in total. The molecule has 0 heterocycles. The van der Waals surface area contributed by atoms with Gasteiger partial charge in [0.05, 0.1) is 13.2 Å². The largest absolute Gasteiger partial charge is 0.381 e. The van der Waals surface area contributed by atoms with E-state index in [0.29, 0.717) is 25.6 Å². The predicted molar refractivity (Wildman–Crippen MR) is 157 cm³/mol. The monoisotopic (exact) mass is 506 g/mol. The van der Waals surface area contributed by atoms with Gasteiger partial charge in [0.1, 0.15) is 0 Å². The number of terminal acetylenes is 1. The van der Waals surface area contributed by atoms with Crippen molar-refractivity contribution in [3.05, 3.63) is 0 Å². The summed E-state index contributed by atoms with van der Waals surface area (Å²) in [6.07, 6.45) is 36.6. The van der Waals surface area contributed by atoms with E-state index in [1.165, 1.54) is 141 Å². The van der Waals surface area contributed by atoms with Crippen LogP contribution in [-0.2, 0) is 9.53 Å². The minimum atomic E-state index is -0.0289. The van der Waals surface area contributed by atoms with Crippen LogP contribution in [0.5, 0.6) is 0 Å². The van der Waals surface area contributed by atoms with Crippen molar-refractivity contribution in [1.82, 2.24) is 5.32 Å². The fourth-order valence-electron chi connectivity index (χ4n) is 4.74. The first-order valence-electron chi connectivity index (χ1n) is 15.7. The highest BCUT2D eigenvalue weighted by Gasteiger charge is 2.02. The van der Waals surface area contributed by atoms with E-state index in [1.807, 2.05) is 0 Å². The van der Waals surface area contributed by atoms with Crippen molar-refractivity contribution in [3.8, 4) is 12.3 Å². The van der Waals surface area contributed by atoms with Crippen molar-refractivity contribution in [1.29, 1.82) is 0 Å². The van der Waals surface area contributed by atoms with E-state index in [9.17, 15) is 4.79 Å². The number of carbonyl (C=O) groups excluding carboxylic acids is 1. The van der Waals surface area contributed by atoms with Gasteiger partial charge < -0.3 is 15.8 Å². The zero-order valence-corrected chi connectivity index (χ0v) is 24.1. The average Bonchev–Trinajstić information content (AvgIpc) is 2.88. The molecule has 0 bridgehead atoms. The summed E-state index contributed by atoms with van der Waals surface area (Å²) in [6.45, 7) is 3.82. The van der Waals surface area contributed by atoms with Gasteiger partial charge in [-0.25, -0.2) is 0 Å². The van der Waals surface area contributed by atoms with Crippen LogP contribution in [0.15, 0.2) is 0 Å². The lowest BCUT2D eigenvalue weighted by Crippen LogP contribution is -2.24. The molecule has 0 aliphatic rings. The Balaban J connectivity index is 3.12. The maximum Gasteiger partial charge on any atom is 0.223 e. The second-order valence-corrected chi connectivity index (χ2v) is 10.8. The molecule has 0 saturated heterocycles. The molecule has 1 unspecified atom stereocenters. The standard InChI is InChI=1S/C32H62N2O2/c1-3-5-6-22-25-31(33)26-23-20-18-16-14-12-10-8-7-9-11-13-15-17-19-21-24-29-36-30-27-32(35)34-28-4-2/h2,31H,3,5-30,33H2,1H3,(H,34,35). The normalized spacial score (nSPS) is 11.9. The number of nitrogens with two attached hydrogens (primary N) is 1. The second-order valence-electron chi connectivity index (χ2n) is 10.8. The molecule has 1 amide bonds. The Bertz CT molecular complexity index is 489. The maximum atomic E-state index is 11.4. The van der Waals surface area contributed by atoms with Crippen LogP contribution in [0.1, 0.15) is 161 Å². The highest BCUT2D eigenvalue weighted by Crippen LogP contribution is 2.15. The van der Waals surface area contributed by atoms with E-state index in [-0.39, 0.29) is 5.91 Å². The third-order valence-electron chi connectivity index (χ3n) is 7.15. The summed E-state index contributed by atoms with van der Waals surface area (Å²) in [7, 11) is 0. The first-order valence-corrected chi connectivity index (χ1v) is 15.7. The molecule has 0 aromatic heterocycles. The lowest BCUT2D eigenvalue weighted by atomic mass is 10.0. The summed E-state index contributed by atoms with van der Waals surface area (Å²) in [4.78, 5) is 11.4. The first-order chi connectivity index (χ1) is 17.7. The second kappa shape index (κ2) is 30.2. The number of carbonyl (C=O) groups is 1. The van der Waals surface area contributed by atoms with Crippen molar-refractivity contribution in [2.75, 3.05) is 19.8 Å². The van der Waals surface area contributed by atoms with Gasteiger partial charge in [0.15, 0.2) is 0 Å². The van der Waals surface area contributed by atoms with Gasteiger partial charge in [-0.2, -0.15) is 0 Å². The Morgan fingerprint density at radius 3 is 1.56 bits per heavy atom. The zero-order chi connectivity index (χ0) is 26.4. The summed E-state index contributed by atoms with van der Waals surface area (Å²) < 4.78 is 5.52. The van der Waals surface area contributed by atoms with Crippen LogP contribution < -0.4 is 11.1 Å². The minimum absolute atomic E-state index is 0.0289. The van der Waals surface area contributed by atoms with E-state index in [2.05, 4.69) is 18.2 Å². The van der Waals surface area contributed by atoms with E-state index >= 15 is 0 Å². The molecule has 0 aromatic carbocycles. The fourth-order valence-corrected chi connectivity index (χ4v) is 4.74. The van der Waals surface area contributed by atoms with Gasteiger partial charge >= 0.3 is 0 Å². The molecule has 212 valence electrons. The number of amides is 1. The van der Waals surface area contributed by atoms with Gasteiger partial charge in [-0.3, -0.25) is 4.79 Å². The molecule has 4 nitrogen and oxygen atoms in total. The Morgan fingerprint density at radius 2 is 1.11 bits per heavy atom. The average molecular weight is 507 g/mol. The van der Waals surface area contributed by atoms with Crippen LogP contribution >= 0.6 is 0 Å². The van der Waals surface area contributed by atoms with Crippen LogP contribution in [0, 0.1) is 12.3 Å². The van der Waals surface area contributed by atoms with Crippen molar-refractivity contribution in [3.63, 3.8) is 0 Å². The van der Waals surface area contributed by atoms with E-state index < -0.39 is 0 Å². The fraction of sp³-hybridized carbons (Fsp3) is 0.906. The number of hydrogen-bond acceptors (Lipinski definition) is 3. The van der Waals surface area contributed by atoms with Crippen LogP contribution in [0.3, 0.4) is 0 Å². The van der Waals surface area contributed by atoms with Crippen molar-refractivity contribution >= 4 is 5.91 Å². The summed E-state index contributed by atoms with van der Waals surface area (Å²) in [6, 6.07) is 0.449. The van der Waals surface area contributed by atoms with Gasteiger partial charge in [0.2, 0.25) is 5.91 Å². The summed E-state index contributed by atoms with van der Waals surface area (Å²) in [5.74, 6) is 2.37. The van der Waals surface area contributed by atoms with Crippen LogP contribution in [0.4, 0.5) is 0 Å².